The van der Waals surface area contributed by atoms with E-state index < -0.39 is 6.10 Å². The number of amides is 1. The Morgan fingerprint density at radius 2 is 2.56 bits per heavy atom. The molecule has 2 atom stereocenters. The minimum atomic E-state index is -0.556. The molecule has 0 aliphatic carbocycles. The van der Waals surface area contributed by atoms with Gasteiger partial charge in [0.1, 0.15) is 0 Å². The lowest BCUT2D eigenvalue weighted by molar-refractivity contribution is -0.125. The molecule has 4 heteroatoms. The van der Waals surface area contributed by atoms with Crippen molar-refractivity contribution in [3.05, 3.63) is 0 Å². The van der Waals surface area contributed by atoms with Gasteiger partial charge in [0, 0.05) is 6.54 Å². The van der Waals surface area contributed by atoms with Gasteiger partial charge in [-0.1, -0.05) is 0 Å². The number of hydrogen-bond donors (Lipinski definition) is 3. The highest BCUT2D eigenvalue weighted by Crippen LogP contribution is 2.04. The first-order chi connectivity index (χ1) is 4.22. The highest BCUT2D eigenvalue weighted by Gasteiger charge is 2.27. The van der Waals surface area contributed by atoms with Crippen LogP contribution in [0.4, 0.5) is 0 Å². The molecule has 0 unspecified atom stereocenters. The smallest absolute Gasteiger partial charge is 0.241 e. The molecule has 1 fully saturated rings. The molecule has 1 aliphatic heterocycles. The van der Waals surface area contributed by atoms with Crippen LogP contribution in [-0.4, -0.2) is 23.7 Å². The molecule has 0 aromatic carbocycles. The van der Waals surface area contributed by atoms with Crippen molar-refractivity contribution in [2.24, 2.45) is 5.92 Å². The van der Waals surface area contributed by atoms with Crippen molar-refractivity contribution >= 4 is 5.91 Å². The third-order valence-electron chi connectivity index (χ3n) is 1.45. The van der Waals surface area contributed by atoms with Gasteiger partial charge in [-0.2, -0.15) is 0 Å². The van der Waals surface area contributed by atoms with Crippen LogP contribution in [0.2, 0.25) is 0 Å². The van der Waals surface area contributed by atoms with Gasteiger partial charge in [-0.3, -0.25) is 10.2 Å². The fraction of sp³-hybridized carbons (Fsp3) is 0.800. The quantitative estimate of drug-likeness (QED) is 0.410. The van der Waals surface area contributed by atoms with Crippen LogP contribution in [0.25, 0.3) is 0 Å². The highest BCUT2D eigenvalue weighted by molar-refractivity contribution is 5.80. The summed E-state index contributed by atoms with van der Waals surface area (Å²) in [5, 5.41) is 8.92. The Kier molecular flexibility index (Phi) is 1.68. The van der Waals surface area contributed by atoms with E-state index in [4.69, 9.17) is 5.11 Å². The number of aliphatic hydroxyl groups is 1. The number of aliphatic hydroxyl groups excluding tert-OH is 1. The van der Waals surface area contributed by atoms with Crippen molar-refractivity contribution in [1.82, 2.24) is 10.9 Å². The molecular weight excluding hydrogens is 120 g/mol. The van der Waals surface area contributed by atoms with Gasteiger partial charge in [0.25, 0.3) is 0 Å². The molecular formula is C5H10N2O2. The molecule has 1 amide bonds. The molecule has 0 saturated carbocycles. The molecule has 0 spiro atoms. The van der Waals surface area contributed by atoms with Crippen LogP contribution < -0.4 is 10.9 Å². The van der Waals surface area contributed by atoms with Crippen LogP contribution in [0.3, 0.4) is 0 Å². The summed E-state index contributed by atoms with van der Waals surface area (Å²) in [6, 6.07) is 0. The molecule has 1 aliphatic rings. The van der Waals surface area contributed by atoms with Gasteiger partial charge in [0.05, 0.1) is 12.0 Å². The number of hydrazine groups is 1. The minimum absolute atomic E-state index is 0.120. The first-order valence-corrected chi connectivity index (χ1v) is 2.92. The summed E-state index contributed by atoms with van der Waals surface area (Å²) in [6.07, 6.45) is -0.556. The van der Waals surface area contributed by atoms with E-state index in [0.29, 0.717) is 6.54 Å². The fourth-order valence-electron chi connectivity index (χ4n) is 0.823. The van der Waals surface area contributed by atoms with E-state index in [0.717, 1.165) is 0 Å². The van der Waals surface area contributed by atoms with Crippen LogP contribution in [0.5, 0.6) is 0 Å². The molecule has 1 saturated heterocycles. The molecule has 1 heterocycles. The number of carbonyl (C=O) groups is 1. The van der Waals surface area contributed by atoms with E-state index in [1.54, 1.807) is 6.92 Å². The molecule has 4 nitrogen and oxygen atoms in total. The topological polar surface area (TPSA) is 61.4 Å². The standard InChI is InChI=1S/C5H10N2O2/c1-3(8)4-2-6-7-5(4)9/h3-4,6,8H,2H2,1H3,(H,7,9)/t3-,4-/m1/s1. The van der Waals surface area contributed by atoms with E-state index in [9.17, 15) is 4.79 Å². The normalized spacial score (nSPS) is 30.0. The molecule has 1 rings (SSSR count). The largest absolute Gasteiger partial charge is 0.393 e. The van der Waals surface area contributed by atoms with Gasteiger partial charge in [0.2, 0.25) is 5.91 Å². The third kappa shape index (κ3) is 1.20. The number of carbonyl (C=O) groups excluding carboxylic acids is 1. The van der Waals surface area contributed by atoms with Crippen molar-refractivity contribution in [3.8, 4) is 0 Å². The maximum Gasteiger partial charge on any atom is 0.241 e. The van der Waals surface area contributed by atoms with E-state index >= 15 is 0 Å². The average Bonchev–Trinajstić information content (AvgIpc) is 2.13. The van der Waals surface area contributed by atoms with Gasteiger partial charge in [-0.15, -0.1) is 0 Å². The molecule has 0 radical (unpaired) electrons. The van der Waals surface area contributed by atoms with Crippen molar-refractivity contribution in [1.29, 1.82) is 0 Å². The van der Waals surface area contributed by atoms with Crippen molar-refractivity contribution < 1.29 is 9.90 Å². The van der Waals surface area contributed by atoms with Crippen LogP contribution >= 0.6 is 0 Å². The monoisotopic (exact) mass is 130 g/mol. The van der Waals surface area contributed by atoms with Crippen LogP contribution in [0.15, 0.2) is 0 Å². The molecule has 52 valence electrons. The van der Waals surface area contributed by atoms with Crippen LogP contribution in [0, 0.1) is 5.92 Å². The second-order valence-electron chi connectivity index (χ2n) is 2.22. The lowest BCUT2D eigenvalue weighted by Crippen LogP contribution is -2.28. The summed E-state index contributed by atoms with van der Waals surface area (Å²) in [7, 11) is 0. The van der Waals surface area contributed by atoms with E-state index in [1.165, 1.54) is 0 Å². The molecule has 9 heavy (non-hydrogen) atoms. The fourth-order valence-corrected chi connectivity index (χ4v) is 0.823. The first-order valence-electron chi connectivity index (χ1n) is 2.92. The van der Waals surface area contributed by atoms with Crippen LogP contribution in [0.1, 0.15) is 6.92 Å². The van der Waals surface area contributed by atoms with Gasteiger partial charge < -0.3 is 5.11 Å². The zero-order valence-electron chi connectivity index (χ0n) is 5.22. The SMILES string of the molecule is C[C@@H](O)[C@H]1CNNC1=O. The summed E-state index contributed by atoms with van der Waals surface area (Å²) in [5.41, 5.74) is 5.05. The first kappa shape index (κ1) is 6.51. The highest BCUT2D eigenvalue weighted by atomic mass is 16.3. The average molecular weight is 130 g/mol. The van der Waals surface area contributed by atoms with Gasteiger partial charge in [0.15, 0.2) is 0 Å². The third-order valence-corrected chi connectivity index (χ3v) is 1.45. The number of rotatable bonds is 1. The number of hydrogen-bond acceptors (Lipinski definition) is 3. The second kappa shape index (κ2) is 2.33. The van der Waals surface area contributed by atoms with Gasteiger partial charge >= 0.3 is 0 Å². The number of nitrogens with one attached hydrogen (secondary N) is 2. The molecule has 3 N–H and O–H groups in total. The van der Waals surface area contributed by atoms with Crippen molar-refractivity contribution in [3.63, 3.8) is 0 Å². The van der Waals surface area contributed by atoms with E-state index in [2.05, 4.69) is 10.9 Å². The Morgan fingerprint density at radius 1 is 1.89 bits per heavy atom. The van der Waals surface area contributed by atoms with E-state index in [-0.39, 0.29) is 11.8 Å². The van der Waals surface area contributed by atoms with E-state index in [1.807, 2.05) is 0 Å². The van der Waals surface area contributed by atoms with Crippen molar-refractivity contribution in [2.45, 2.75) is 13.0 Å². The van der Waals surface area contributed by atoms with Crippen molar-refractivity contribution in [2.75, 3.05) is 6.54 Å². The Labute approximate surface area is 53.2 Å². The summed E-state index contributed by atoms with van der Waals surface area (Å²) < 4.78 is 0. The second-order valence-corrected chi connectivity index (χ2v) is 2.22. The Morgan fingerprint density at radius 3 is 2.78 bits per heavy atom. The lowest BCUT2D eigenvalue weighted by atomic mass is 10.1. The zero-order chi connectivity index (χ0) is 6.85. The summed E-state index contributed by atoms with van der Waals surface area (Å²) in [5.74, 6) is -0.394. The summed E-state index contributed by atoms with van der Waals surface area (Å²) >= 11 is 0. The molecule has 0 bridgehead atoms. The Balaban J connectivity index is 2.49. The Bertz CT molecular complexity index is 124. The predicted octanol–water partition coefficient (Wildman–Crippen LogP) is -1.38. The lowest BCUT2D eigenvalue weighted by Gasteiger charge is -2.06. The Hall–Kier alpha value is -0.610. The van der Waals surface area contributed by atoms with Crippen LogP contribution in [-0.2, 0) is 4.79 Å². The summed E-state index contributed by atoms with van der Waals surface area (Å²) in [6.45, 7) is 2.13. The maximum absolute atomic E-state index is 10.7. The van der Waals surface area contributed by atoms with Gasteiger partial charge in [-0.05, 0) is 6.92 Å². The molecule has 0 aromatic heterocycles. The minimum Gasteiger partial charge on any atom is -0.393 e. The molecule has 0 aromatic rings. The maximum atomic E-state index is 10.7. The summed E-state index contributed by atoms with van der Waals surface area (Å²) in [4.78, 5) is 10.7. The predicted molar refractivity (Wildman–Crippen MR) is 31.3 cm³/mol. The van der Waals surface area contributed by atoms with Gasteiger partial charge in [-0.25, -0.2) is 5.43 Å². The zero-order valence-corrected chi connectivity index (χ0v) is 5.22.